The van der Waals surface area contributed by atoms with Crippen LogP contribution in [0.1, 0.15) is 0 Å². The second-order valence-corrected chi connectivity index (χ2v) is 1.20. The predicted molar refractivity (Wildman–Crippen MR) is 28.2 cm³/mol. The zero-order valence-corrected chi connectivity index (χ0v) is 4.79. The summed E-state index contributed by atoms with van der Waals surface area (Å²) in [6.07, 6.45) is 0. The molecule has 50 valence electrons. The summed E-state index contributed by atoms with van der Waals surface area (Å²) in [5.74, 6) is -1.01. The standard InChI is InChI=1S/C4H5NO4/c1-3(5(7)8)4(6)9-2/h1H2,2H3. The Morgan fingerprint density at radius 3 is 2.33 bits per heavy atom. The van der Waals surface area contributed by atoms with Crippen LogP contribution < -0.4 is 0 Å². The molecular weight excluding hydrogens is 126 g/mol. The van der Waals surface area contributed by atoms with Gasteiger partial charge in [0.1, 0.15) is 0 Å². The van der Waals surface area contributed by atoms with Crippen LogP contribution in [0.3, 0.4) is 0 Å². The number of esters is 1. The van der Waals surface area contributed by atoms with Gasteiger partial charge < -0.3 is 4.74 Å². The normalized spacial score (nSPS) is 8.11. The number of carbonyl (C=O) groups excluding carboxylic acids is 1. The molecule has 9 heavy (non-hydrogen) atoms. The molecule has 0 fully saturated rings. The highest BCUT2D eigenvalue weighted by molar-refractivity contribution is 5.84. The molecule has 0 unspecified atom stereocenters. The first-order valence-corrected chi connectivity index (χ1v) is 2.01. The lowest BCUT2D eigenvalue weighted by Crippen LogP contribution is -2.10. The van der Waals surface area contributed by atoms with Crippen LogP contribution in [0, 0.1) is 10.1 Å². The SMILES string of the molecule is C=C(C(=O)OC)[N+](=O)[O-]. The smallest absolute Gasteiger partial charge is 0.408 e. The maximum Gasteiger partial charge on any atom is 0.408 e. The van der Waals surface area contributed by atoms with E-state index in [9.17, 15) is 14.9 Å². The third-order valence-electron chi connectivity index (χ3n) is 0.641. The van der Waals surface area contributed by atoms with Gasteiger partial charge >= 0.3 is 11.7 Å². The molecule has 0 saturated carbocycles. The van der Waals surface area contributed by atoms with Crippen LogP contribution in [-0.4, -0.2) is 18.0 Å². The molecule has 0 aliphatic heterocycles. The van der Waals surface area contributed by atoms with Crippen molar-refractivity contribution < 1.29 is 14.5 Å². The van der Waals surface area contributed by atoms with Gasteiger partial charge in [-0.2, -0.15) is 0 Å². The van der Waals surface area contributed by atoms with Crippen LogP contribution in [0.15, 0.2) is 12.3 Å². The third kappa shape index (κ3) is 1.89. The summed E-state index contributed by atoms with van der Waals surface area (Å²) in [5, 5.41) is 9.70. The Kier molecular flexibility index (Phi) is 2.37. The van der Waals surface area contributed by atoms with Crippen molar-refractivity contribution in [1.29, 1.82) is 0 Å². The van der Waals surface area contributed by atoms with Gasteiger partial charge in [-0.05, 0) is 6.58 Å². The molecule has 0 spiro atoms. The maximum atomic E-state index is 10.2. The fourth-order valence-corrected chi connectivity index (χ4v) is 0.192. The molecule has 0 aromatic rings. The third-order valence-corrected chi connectivity index (χ3v) is 0.641. The molecule has 0 heterocycles. The molecule has 0 N–H and O–H groups in total. The monoisotopic (exact) mass is 131 g/mol. The van der Waals surface area contributed by atoms with Gasteiger partial charge in [0.25, 0.3) is 0 Å². The number of ether oxygens (including phenoxy) is 1. The zero-order chi connectivity index (χ0) is 7.44. The van der Waals surface area contributed by atoms with Crippen molar-refractivity contribution in [3.05, 3.63) is 22.4 Å². The minimum Gasteiger partial charge on any atom is -0.461 e. The predicted octanol–water partition coefficient (Wildman–Crippen LogP) is -0.0502. The number of methoxy groups -OCH3 is 1. The minimum absolute atomic E-state index is 0.752. The van der Waals surface area contributed by atoms with Crippen molar-refractivity contribution in [2.75, 3.05) is 7.11 Å². The topological polar surface area (TPSA) is 69.4 Å². The summed E-state index contributed by atoms with van der Waals surface area (Å²) in [5.41, 5.74) is -0.752. The Labute approximate surface area is 51.1 Å². The van der Waals surface area contributed by atoms with Crippen molar-refractivity contribution in [2.45, 2.75) is 0 Å². The molecular formula is C4H5NO4. The van der Waals surface area contributed by atoms with E-state index in [-0.39, 0.29) is 0 Å². The van der Waals surface area contributed by atoms with Crippen LogP contribution >= 0.6 is 0 Å². The van der Waals surface area contributed by atoms with Gasteiger partial charge in [-0.3, -0.25) is 10.1 Å². The number of nitro groups is 1. The van der Waals surface area contributed by atoms with E-state index in [1.807, 2.05) is 0 Å². The highest BCUT2D eigenvalue weighted by Gasteiger charge is 2.17. The van der Waals surface area contributed by atoms with Gasteiger partial charge in [0.15, 0.2) is 0 Å². The molecule has 0 aromatic heterocycles. The van der Waals surface area contributed by atoms with E-state index in [0.717, 1.165) is 7.11 Å². The minimum atomic E-state index is -1.01. The van der Waals surface area contributed by atoms with E-state index in [1.54, 1.807) is 0 Å². The zero-order valence-electron chi connectivity index (χ0n) is 4.79. The first-order valence-electron chi connectivity index (χ1n) is 2.01. The van der Waals surface area contributed by atoms with E-state index >= 15 is 0 Å². The van der Waals surface area contributed by atoms with E-state index in [2.05, 4.69) is 11.3 Å². The maximum absolute atomic E-state index is 10.2. The lowest BCUT2D eigenvalue weighted by atomic mass is 10.5. The Morgan fingerprint density at radius 1 is 1.78 bits per heavy atom. The molecule has 0 aliphatic rings. The molecule has 0 aliphatic carbocycles. The van der Waals surface area contributed by atoms with Crippen molar-refractivity contribution in [3.8, 4) is 0 Å². The number of hydrogen-bond acceptors (Lipinski definition) is 4. The molecule has 0 aromatic carbocycles. The van der Waals surface area contributed by atoms with Crippen LogP contribution in [0.5, 0.6) is 0 Å². The van der Waals surface area contributed by atoms with Gasteiger partial charge in [-0.15, -0.1) is 0 Å². The Bertz CT molecular complexity index is 162. The molecule has 0 rings (SSSR count). The first kappa shape index (κ1) is 7.61. The van der Waals surface area contributed by atoms with Gasteiger partial charge in [0.2, 0.25) is 0 Å². The van der Waals surface area contributed by atoms with E-state index in [0.29, 0.717) is 0 Å². The fourth-order valence-electron chi connectivity index (χ4n) is 0.192. The van der Waals surface area contributed by atoms with Gasteiger partial charge in [0.05, 0.1) is 12.0 Å². The molecule has 0 bridgehead atoms. The molecule has 5 heteroatoms. The Hall–Kier alpha value is -1.39. The second kappa shape index (κ2) is 2.81. The van der Waals surface area contributed by atoms with Crippen LogP contribution in [0.4, 0.5) is 0 Å². The van der Waals surface area contributed by atoms with Gasteiger partial charge in [-0.1, -0.05) is 0 Å². The summed E-state index contributed by atoms with van der Waals surface area (Å²) in [6.45, 7) is 2.85. The second-order valence-electron chi connectivity index (χ2n) is 1.20. The average Bonchev–Trinajstić information content (AvgIpc) is 1.84. The Morgan fingerprint density at radius 2 is 2.22 bits per heavy atom. The first-order chi connectivity index (χ1) is 4.09. The van der Waals surface area contributed by atoms with Crippen molar-refractivity contribution in [3.63, 3.8) is 0 Å². The van der Waals surface area contributed by atoms with Gasteiger partial charge in [-0.25, -0.2) is 4.79 Å². The summed E-state index contributed by atoms with van der Waals surface area (Å²) in [7, 11) is 1.05. The van der Waals surface area contributed by atoms with Crippen LogP contribution in [0.2, 0.25) is 0 Å². The number of hydrogen-bond donors (Lipinski definition) is 0. The van der Waals surface area contributed by atoms with Crippen molar-refractivity contribution >= 4 is 5.97 Å². The van der Waals surface area contributed by atoms with E-state index in [4.69, 9.17) is 0 Å². The molecule has 5 nitrogen and oxygen atoms in total. The Balaban J connectivity index is 4.05. The van der Waals surface area contributed by atoms with Crippen molar-refractivity contribution in [2.24, 2.45) is 0 Å². The summed E-state index contributed by atoms with van der Waals surface area (Å²) in [4.78, 5) is 19.0. The molecule has 0 radical (unpaired) electrons. The average molecular weight is 131 g/mol. The van der Waals surface area contributed by atoms with Crippen LogP contribution in [0.25, 0.3) is 0 Å². The lowest BCUT2D eigenvalue weighted by molar-refractivity contribution is -0.420. The van der Waals surface area contributed by atoms with Gasteiger partial charge in [0, 0.05) is 0 Å². The number of rotatable bonds is 2. The highest BCUT2D eigenvalue weighted by atomic mass is 16.6. The van der Waals surface area contributed by atoms with E-state index < -0.39 is 16.6 Å². The van der Waals surface area contributed by atoms with Crippen LogP contribution in [-0.2, 0) is 9.53 Å². The largest absolute Gasteiger partial charge is 0.461 e. The quantitative estimate of drug-likeness (QED) is 0.228. The lowest BCUT2D eigenvalue weighted by Gasteiger charge is -1.90. The molecule has 0 saturated heterocycles. The fraction of sp³-hybridized carbons (Fsp3) is 0.250. The van der Waals surface area contributed by atoms with E-state index in [1.165, 1.54) is 0 Å². The summed E-state index contributed by atoms with van der Waals surface area (Å²) < 4.78 is 3.99. The summed E-state index contributed by atoms with van der Waals surface area (Å²) in [6, 6.07) is 0. The summed E-state index contributed by atoms with van der Waals surface area (Å²) >= 11 is 0. The number of nitrogens with zero attached hydrogens (tertiary/aromatic N) is 1. The van der Waals surface area contributed by atoms with Crippen molar-refractivity contribution in [1.82, 2.24) is 0 Å². The molecule has 0 atom stereocenters. The highest BCUT2D eigenvalue weighted by Crippen LogP contribution is 1.91. The molecule has 0 amide bonds. The number of carbonyl (C=O) groups is 1.